The fraction of sp³-hybridized carbons (Fsp3) is 0.267. The average molecular weight is 352 g/mol. The second-order valence-corrected chi connectivity index (χ2v) is 5.69. The Hall–Kier alpha value is -3.04. The SMILES string of the molecule is CN(C)c1n[nH]c(NC(=O)c2cc3cc(C(F)(F)F)ccc3n2C)n1. The van der Waals surface area contributed by atoms with Crippen molar-refractivity contribution in [1.29, 1.82) is 0 Å². The lowest BCUT2D eigenvalue weighted by Gasteiger charge is -2.07. The van der Waals surface area contributed by atoms with E-state index >= 15 is 0 Å². The number of benzene rings is 1. The summed E-state index contributed by atoms with van der Waals surface area (Å²) in [5.74, 6) is 0.0332. The number of carbonyl (C=O) groups excluding carboxylic acids is 1. The number of aromatic nitrogens is 4. The van der Waals surface area contributed by atoms with Crippen molar-refractivity contribution < 1.29 is 18.0 Å². The Morgan fingerprint density at radius 1 is 1.28 bits per heavy atom. The molecule has 2 aromatic heterocycles. The van der Waals surface area contributed by atoms with Crippen LogP contribution in [0.2, 0.25) is 0 Å². The first-order valence-electron chi connectivity index (χ1n) is 7.24. The van der Waals surface area contributed by atoms with Gasteiger partial charge in [0, 0.05) is 32.0 Å². The first-order chi connectivity index (χ1) is 11.7. The highest BCUT2D eigenvalue weighted by Gasteiger charge is 2.31. The van der Waals surface area contributed by atoms with Gasteiger partial charge in [-0.1, -0.05) is 0 Å². The van der Waals surface area contributed by atoms with E-state index in [2.05, 4.69) is 20.5 Å². The summed E-state index contributed by atoms with van der Waals surface area (Å²) in [6.45, 7) is 0. The first-order valence-corrected chi connectivity index (χ1v) is 7.24. The molecule has 0 atom stereocenters. The quantitative estimate of drug-likeness (QED) is 0.760. The van der Waals surface area contributed by atoms with Gasteiger partial charge in [-0.25, -0.2) is 5.10 Å². The molecule has 0 saturated carbocycles. The number of nitrogens with one attached hydrogen (secondary N) is 2. The Morgan fingerprint density at radius 2 is 2.00 bits per heavy atom. The Bertz CT molecular complexity index is 941. The Balaban J connectivity index is 1.91. The van der Waals surface area contributed by atoms with Gasteiger partial charge in [-0.3, -0.25) is 10.1 Å². The summed E-state index contributed by atoms with van der Waals surface area (Å²) >= 11 is 0. The summed E-state index contributed by atoms with van der Waals surface area (Å²) in [5, 5.41) is 9.36. The van der Waals surface area contributed by atoms with Gasteiger partial charge in [0.1, 0.15) is 5.69 Å². The molecule has 0 radical (unpaired) electrons. The van der Waals surface area contributed by atoms with E-state index in [1.54, 1.807) is 26.0 Å². The smallest absolute Gasteiger partial charge is 0.346 e. The van der Waals surface area contributed by atoms with E-state index in [1.807, 2.05) is 0 Å². The molecular weight excluding hydrogens is 337 g/mol. The molecule has 10 heteroatoms. The van der Waals surface area contributed by atoms with Crippen molar-refractivity contribution in [3.63, 3.8) is 0 Å². The molecule has 25 heavy (non-hydrogen) atoms. The largest absolute Gasteiger partial charge is 0.416 e. The molecule has 0 aliphatic rings. The van der Waals surface area contributed by atoms with Crippen LogP contribution in [0, 0.1) is 0 Å². The molecule has 0 spiro atoms. The molecule has 7 nitrogen and oxygen atoms in total. The number of fused-ring (bicyclic) bond motifs is 1. The molecule has 3 rings (SSSR count). The van der Waals surface area contributed by atoms with Crippen LogP contribution in [0.3, 0.4) is 0 Å². The van der Waals surface area contributed by atoms with Gasteiger partial charge in [-0.15, -0.1) is 5.10 Å². The number of hydrogen-bond donors (Lipinski definition) is 2. The van der Waals surface area contributed by atoms with Crippen LogP contribution in [0.1, 0.15) is 16.1 Å². The molecule has 0 bridgehead atoms. The summed E-state index contributed by atoms with van der Waals surface area (Å²) in [7, 11) is 5.10. The molecule has 1 amide bonds. The van der Waals surface area contributed by atoms with Gasteiger partial charge < -0.3 is 9.47 Å². The standard InChI is InChI=1S/C15H15F3N6O/c1-23(2)14-20-13(21-22-14)19-12(25)11-7-8-6-9(15(16,17)18)4-5-10(8)24(11)3/h4-7H,1-3H3,(H2,19,20,21,22,25). The molecule has 1 aromatic carbocycles. The fourth-order valence-electron chi connectivity index (χ4n) is 2.42. The van der Waals surface area contributed by atoms with Crippen molar-refractivity contribution in [3.05, 3.63) is 35.5 Å². The van der Waals surface area contributed by atoms with Crippen LogP contribution in [-0.2, 0) is 13.2 Å². The molecular formula is C15H15F3N6O. The number of amides is 1. The maximum atomic E-state index is 12.8. The normalized spacial score (nSPS) is 11.8. The minimum atomic E-state index is -4.44. The van der Waals surface area contributed by atoms with E-state index in [9.17, 15) is 18.0 Å². The summed E-state index contributed by atoms with van der Waals surface area (Å²) in [6.07, 6.45) is -4.44. The van der Waals surface area contributed by atoms with E-state index in [1.165, 1.54) is 16.7 Å². The van der Waals surface area contributed by atoms with Crippen molar-refractivity contribution in [2.45, 2.75) is 6.18 Å². The van der Waals surface area contributed by atoms with Gasteiger partial charge in [0.2, 0.25) is 11.9 Å². The molecule has 0 saturated heterocycles. The highest BCUT2D eigenvalue weighted by atomic mass is 19.4. The van der Waals surface area contributed by atoms with Gasteiger partial charge in [0.15, 0.2) is 0 Å². The molecule has 2 heterocycles. The number of halogens is 3. The lowest BCUT2D eigenvalue weighted by Crippen LogP contribution is -2.16. The van der Waals surface area contributed by atoms with Crippen LogP contribution >= 0.6 is 0 Å². The zero-order chi connectivity index (χ0) is 18.4. The van der Waals surface area contributed by atoms with Gasteiger partial charge >= 0.3 is 6.18 Å². The zero-order valence-corrected chi connectivity index (χ0v) is 13.6. The molecule has 0 aliphatic carbocycles. The molecule has 3 aromatic rings. The maximum Gasteiger partial charge on any atom is 0.416 e. The topological polar surface area (TPSA) is 78.8 Å². The van der Waals surface area contributed by atoms with Crippen molar-refractivity contribution >= 4 is 28.7 Å². The van der Waals surface area contributed by atoms with E-state index in [0.717, 1.165) is 12.1 Å². The number of hydrogen-bond acceptors (Lipinski definition) is 4. The van der Waals surface area contributed by atoms with Crippen LogP contribution in [0.5, 0.6) is 0 Å². The summed E-state index contributed by atoms with van der Waals surface area (Å²) in [6, 6.07) is 4.76. The monoisotopic (exact) mass is 352 g/mol. The number of nitrogens with zero attached hydrogens (tertiary/aromatic N) is 4. The van der Waals surface area contributed by atoms with Crippen molar-refractivity contribution in [1.82, 2.24) is 19.7 Å². The molecule has 2 N–H and O–H groups in total. The van der Waals surface area contributed by atoms with Crippen LogP contribution in [-0.4, -0.2) is 39.8 Å². The van der Waals surface area contributed by atoms with E-state index in [-0.39, 0.29) is 11.6 Å². The second-order valence-electron chi connectivity index (χ2n) is 5.69. The molecule has 0 unspecified atom stereocenters. The van der Waals surface area contributed by atoms with E-state index in [0.29, 0.717) is 16.9 Å². The number of anilines is 2. The number of alkyl halides is 3. The number of rotatable bonds is 3. The van der Waals surface area contributed by atoms with Gasteiger partial charge in [0.05, 0.1) is 5.56 Å². The van der Waals surface area contributed by atoms with Crippen LogP contribution in [0.4, 0.5) is 25.1 Å². The third-order valence-electron chi connectivity index (χ3n) is 3.71. The Labute approximate surface area is 140 Å². The highest BCUT2D eigenvalue weighted by Crippen LogP contribution is 2.32. The predicted molar refractivity (Wildman–Crippen MR) is 86.6 cm³/mol. The van der Waals surface area contributed by atoms with E-state index in [4.69, 9.17) is 0 Å². The number of H-pyrrole nitrogens is 1. The Morgan fingerprint density at radius 3 is 2.60 bits per heavy atom. The maximum absolute atomic E-state index is 12.8. The summed E-state index contributed by atoms with van der Waals surface area (Å²) in [5.41, 5.74) is -0.0368. The minimum absolute atomic E-state index is 0.148. The lowest BCUT2D eigenvalue weighted by molar-refractivity contribution is -0.137. The third-order valence-corrected chi connectivity index (χ3v) is 3.71. The van der Waals surface area contributed by atoms with Gasteiger partial charge in [0.25, 0.3) is 5.91 Å². The average Bonchev–Trinajstić information content (AvgIpc) is 3.11. The summed E-state index contributed by atoms with van der Waals surface area (Å²) in [4.78, 5) is 18.1. The first kappa shape index (κ1) is 16.8. The number of carbonyl (C=O) groups is 1. The molecule has 0 fully saturated rings. The number of aryl methyl sites for hydroxylation is 1. The highest BCUT2D eigenvalue weighted by molar-refractivity contribution is 6.05. The number of aromatic amines is 1. The van der Waals surface area contributed by atoms with Crippen molar-refractivity contribution in [3.8, 4) is 0 Å². The van der Waals surface area contributed by atoms with Crippen molar-refractivity contribution in [2.24, 2.45) is 7.05 Å². The van der Waals surface area contributed by atoms with Crippen molar-refractivity contribution in [2.75, 3.05) is 24.3 Å². The third kappa shape index (κ3) is 3.14. The fourth-order valence-corrected chi connectivity index (χ4v) is 2.42. The van der Waals surface area contributed by atoms with Gasteiger partial charge in [-0.05, 0) is 24.3 Å². The summed E-state index contributed by atoms with van der Waals surface area (Å²) < 4.78 is 40.0. The van der Waals surface area contributed by atoms with Gasteiger partial charge in [-0.2, -0.15) is 18.2 Å². The minimum Gasteiger partial charge on any atom is -0.346 e. The molecule has 0 aliphatic heterocycles. The van der Waals surface area contributed by atoms with E-state index < -0.39 is 17.6 Å². The van der Waals surface area contributed by atoms with Crippen LogP contribution in [0.15, 0.2) is 24.3 Å². The van der Waals surface area contributed by atoms with Crippen LogP contribution in [0.25, 0.3) is 10.9 Å². The predicted octanol–water partition coefficient (Wildman–Crippen LogP) is 2.63. The lowest BCUT2D eigenvalue weighted by atomic mass is 10.1. The zero-order valence-electron chi connectivity index (χ0n) is 13.6. The van der Waals surface area contributed by atoms with Crippen LogP contribution < -0.4 is 10.2 Å². The molecule has 132 valence electrons. The second kappa shape index (κ2) is 5.80. The Kier molecular flexibility index (Phi) is 3.90.